The molecule has 0 bridgehead atoms. The summed E-state index contributed by atoms with van der Waals surface area (Å²) in [5.74, 6) is 0.228. The van der Waals surface area contributed by atoms with Crippen LogP contribution in [0.25, 0.3) is 11.5 Å². The monoisotopic (exact) mass is 229 g/mol. The highest BCUT2D eigenvalue weighted by Gasteiger charge is 2.30. The molecule has 0 unspecified atom stereocenters. The van der Waals surface area contributed by atoms with Crippen molar-refractivity contribution < 1.29 is 17.6 Å². The van der Waals surface area contributed by atoms with E-state index in [9.17, 15) is 13.2 Å². The van der Waals surface area contributed by atoms with Crippen molar-refractivity contribution in [2.24, 2.45) is 0 Å². The summed E-state index contributed by atoms with van der Waals surface area (Å²) in [5.41, 5.74) is 4.66. The molecular formula is C9H6F3N3O. The second kappa shape index (κ2) is 3.51. The summed E-state index contributed by atoms with van der Waals surface area (Å²) in [6, 6.07) is 2.06. The van der Waals surface area contributed by atoms with E-state index in [-0.39, 0.29) is 17.5 Å². The number of hydrogen-bond acceptors (Lipinski definition) is 4. The summed E-state index contributed by atoms with van der Waals surface area (Å²) in [6.45, 7) is 0. The van der Waals surface area contributed by atoms with Crippen LogP contribution in [0.4, 0.5) is 19.2 Å². The van der Waals surface area contributed by atoms with Crippen LogP contribution in [0.2, 0.25) is 0 Å². The van der Waals surface area contributed by atoms with E-state index in [1.165, 1.54) is 12.3 Å². The third-order valence-corrected chi connectivity index (χ3v) is 1.87. The van der Waals surface area contributed by atoms with E-state index in [1.54, 1.807) is 0 Å². The van der Waals surface area contributed by atoms with Gasteiger partial charge in [0.05, 0.1) is 11.8 Å². The van der Waals surface area contributed by atoms with Crippen LogP contribution >= 0.6 is 0 Å². The molecular weight excluding hydrogens is 223 g/mol. The molecule has 0 fully saturated rings. The van der Waals surface area contributed by atoms with E-state index in [0.717, 1.165) is 12.3 Å². The van der Waals surface area contributed by atoms with E-state index in [2.05, 4.69) is 9.97 Å². The fraction of sp³-hybridized carbons (Fsp3) is 0.111. The number of anilines is 1. The quantitative estimate of drug-likeness (QED) is 0.815. The Labute approximate surface area is 87.9 Å². The Morgan fingerprint density at radius 2 is 1.88 bits per heavy atom. The Bertz CT molecular complexity index is 489. The van der Waals surface area contributed by atoms with Crippen molar-refractivity contribution in [3.63, 3.8) is 0 Å². The third kappa shape index (κ3) is 1.97. The summed E-state index contributed by atoms with van der Waals surface area (Å²) in [4.78, 5) is 7.23. The maximum Gasteiger partial charge on any atom is 0.417 e. The zero-order valence-corrected chi connectivity index (χ0v) is 7.82. The number of nitrogen functional groups attached to an aromatic ring is 1. The van der Waals surface area contributed by atoms with Gasteiger partial charge in [-0.1, -0.05) is 0 Å². The number of nitrogens with two attached hydrogens (primary N) is 1. The second-order valence-corrected chi connectivity index (χ2v) is 2.99. The highest BCUT2D eigenvalue weighted by atomic mass is 19.4. The molecule has 2 heterocycles. The molecule has 0 aliphatic rings. The minimum Gasteiger partial charge on any atom is -0.422 e. The van der Waals surface area contributed by atoms with Crippen molar-refractivity contribution in [1.82, 2.24) is 9.97 Å². The summed E-state index contributed by atoms with van der Waals surface area (Å²) >= 11 is 0. The van der Waals surface area contributed by atoms with Crippen LogP contribution in [0.5, 0.6) is 0 Å². The number of oxazole rings is 1. The largest absolute Gasteiger partial charge is 0.422 e. The smallest absolute Gasteiger partial charge is 0.417 e. The number of rotatable bonds is 1. The van der Waals surface area contributed by atoms with Crippen LogP contribution in [-0.2, 0) is 6.18 Å². The number of hydrogen-bond donors (Lipinski definition) is 1. The van der Waals surface area contributed by atoms with Crippen LogP contribution in [0, 0.1) is 0 Å². The van der Waals surface area contributed by atoms with Gasteiger partial charge in [0.1, 0.15) is 5.69 Å². The van der Waals surface area contributed by atoms with Gasteiger partial charge < -0.3 is 10.2 Å². The highest BCUT2D eigenvalue weighted by Crippen LogP contribution is 2.29. The molecule has 0 aliphatic carbocycles. The van der Waals surface area contributed by atoms with Gasteiger partial charge in [-0.2, -0.15) is 13.2 Å². The molecule has 2 aromatic rings. The normalized spacial score (nSPS) is 11.7. The fourth-order valence-electron chi connectivity index (χ4n) is 1.11. The van der Waals surface area contributed by atoms with Crippen molar-refractivity contribution in [3.8, 4) is 11.5 Å². The molecule has 0 radical (unpaired) electrons. The third-order valence-electron chi connectivity index (χ3n) is 1.87. The standard InChI is InChI=1S/C9H6F3N3O/c10-9(11,12)5-1-2-6(14-3-5)7-4-15-8(13)16-7/h1-4H,(H2,13,15). The molecule has 0 saturated carbocycles. The Morgan fingerprint density at radius 3 is 2.31 bits per heavy atom. The predicted octanol–water partition coefficient (Wildman–Crippen LogP) is 2.34. The van der Waals surface area contributed by atoms with Crippen molar-refractivity contribution in [2.45, 2.75) is 6.18 Å². The van der Waals surface area contributed by atoms with Crippen LogP contribution in [0.1, 0.15) is 5.56 Å². The topological polar surface area (TPSA) is 64.9 Å². The minimum absolute atomic E-state index is 0.0586. The van der Waals surface area contributed by atoms with Crippen LogP contribution in [-0.4, -0.2) is 9.97 Å². The molecule has 0 saturated heterocycles. The maximum absolute atomic E-state index is 12.2. The SMILES string of the molecule is Nc1ncc(-c2ccc(C(F)(F)F)cn2)o1. The summed E-state index contributed by atoms with van der Waals surface area (Å²) in [7, 11) is 0. The highest BCUT2D eigenvalue weighted by molar-refractivity contribution is 5.51. The maximum atomic E-state index is 12.2. The first-order chi connectivity index (χ1) is 7.47. The van der Waals surface area contributed by atoms with Gasteiger partial charge >= 0.3 is 6.18 Å². The molecule has 0 aliphatic heterocycles. The lowest BCUT2D eigenvalue weighted by Gasteiger charge is -2.05. The number of halogens is 3. The van der Waals surface area contributed by atoms with Crippen molar-refractivity contribution in [1.29, 1.82) is 0 Å². The fourth-order valence-corrected chi connectivity index (χ4v) is 1.11. The number of aromatic nitrogens is 2. The average Bonchev–Trinajstić information content (AvgIpc) is 2.64. The van der Waals surface area contributed by atoms with Crippen LogP contribution in [0.3, 0.4) is 0 Å². The van der Waals surface area contributed by atoms with Crippen molar-refractivity contribution >= 4 is 6.01 Å². The molecule has 4 nitrogen and oxygen atoms in total. The zero-order chi connectivity index (χ0) is 11.8. The molecule has 7 heteroatoms. The van der Waals surface area contributed by atoms with Gasteiger partial charge in [-0.05, 0) is 12.1 Å². The van der Waals surface area contributed by atoms with Gasteiger partial charge in [-0.3, -0.25) is 4.98 Å². The Kier molecular flexibility index (Phi) is 2.30. The first-order valence-electron chi connectivity index (χ1n) is 4.22. The average molecular weight is 229 g/mol. The lowest BCUT2D eigenvalue weighted by Crippen LogP contribution is -2.05. The first-order valence-corrected chi connectivity index (χ1v) is 4.22. The molecule has 2 N–H and O–H groups in total. The molecule has 2 rings (SSSR count). The molecule has 84 valence electrons. The molecule has 2 aromatic heterocycles. The van der Waals surface area contributed by atoms with Gasteiger partial charge in [-0.25, -0.2) is 4.98 Å². The summed E-state index contributed by atoms with van der Waals surface area (Å²) < 4.78 is 41.6. The number of pyridine rings is 1. The second-order valence-electron chi connectivity index (χ2n) is 2.99. The lowest BCUT2D eigenvalue weighted by atomic mass is 10.2. The number of alkyl halides is 3. The van der Waals surface area contributed by atoms with Gasteiger partial charge in [0.2, 0.25) is 0 Å². The molecule has 0 amide bonds. The van der Waals surface area contributed by atoms with Crippen molar-refractivity contribution in [2.75, 3.05) is 5.73 Å². The van der Waals surface area contributed by atoms with E-state index < -0.39 is 11.7 Å². The Balaban J connectivity index is 2.33. The van der Waals surface area contributed by atoms with E-state index >= 15 is 0 Å². The Morgan fingerprint density at radius 1 is 1.12 bits per heavy atom. The van der Waals surface area contributed by atoms with Gasteiger partial charge in [0.25, 0.3) is 6.01 Å². The lowest BCUT2D eigenvalue weighted by molar-refractivity contribution is -0.137. The van der Waals surface area contributed by atoms with E-state index in [4.69, 9.17) is 10.2 Å². The van der Waals surface area contributed by atoms with Gasteiger partial charge in [0.15, 0.2) is 5.76 Å². The molecule has 0 spiro atoms. The van der Waals surface area contributed by atoms with E-state index in [0.29, 0.717) is 0 Å². The summed E-state index contributed by atoms with van der Waals surface area (Å²) in [5, 5.41) is 0. The van der Waals surface area contributed by atoms with Crippen molar-refractivity contribution in [3.05, 3.63) is 30.1 Å². The molecule has 0 atom stereocenters. The first kappa shape index (κ1) is 10.5. The van der Waals surface area contributed by atoms with Crippen LogP contribution in [0.15, 0.2) is 28.9 Å². The minimum atomic E-state index is -4.40. The van der Waals surface area contributed by atoms with Gasteiger partial charge in [0, 0.05) is 6.20 Å². The van der Waals surface area contributed by atoms with Crippen LogP contribution < -0.4 is 5.73 Å². The van der Waals surface area contributed by atoms with E-state index in [1.807, 2.05) is 0 Å². The number of nitrogens with zero attached hydrogens (tertiary/aromatic N) is 2. The molecule has 0 aromatic carbocycles. The molecule has 16 heavy (non-hydrogen) atoms. The Hall–Kier alpha value is -2.05. The summed E-state index contributed by atoms with van der Waals surface area (Å²) in [6.07, 6.45) is -2.37. The predicted molar refractivity (Wildman–Crippen MR) is 49.1 cm³/mol. The van der Waals surface area contributed by atoms with Gasteiger partial charge in [-0.15, -0.1) is 0 Å². The zero-order valence-electron chi connectivity index (χ0n) is 7.82.